The summed E-state index contributed by atoms with van der Waals surface area (Å²) in [5.41, 5.74) is 8.19. The molecule has 0 aliphatic rings. The predicted molar refractivity (Wildman–Crippen MR) is 58.4 cm³/mol. The Bertz CT molecular complexity index is 309. The lowest BCUT2D eigenvalue weighted by Gasteiger charge is -2.05. The van der Waals surface area contributed by atoms with Gasteiger partial charge in [-0.15, -0.1) is 11.3 Å². The van der Waals surface area contributed by atoms with Crippen LogP contribution in [0, 0.1) is 0 Å². The van der Waals surface area contributed by atoms with E-state index in [2.05, 4.69) is 10.3 Å². The second-order valence-corrected chi connectivity index (χ2v) is 4.07. The quantitative estimate of drug-likeness (QED) is 0.794. The van der Waals surface area contributed by atoms with Crippen LogP contribution in [0.4, 0.5) is 5.00 Å². The van der Waals surface area contributed by atoms with Crippen molar-refractivity contribution in [1.82, 2.24) is 4.98 Å². The van der Waals surface area contributed by atoms with Crippen molar-refractivity contribution in [1.29, 1.82) is 0 Å². The van der Waals surface area contributed by atoms with Crippen LogP contribution in [0.5, 0.6) is 0 Å². The first-order valence-corrected chi connectivity index (χ1v) is 5.49. The number of carbonyl (C=O) groups is 1. The maximum Gasteiger partial charge on any atom is 0.226 e. The second-order valence-electron chi connectivity index (χ2n) is 3.21. The highest BCUT2D eigenvalue weighted by molar-refractivity contribution is 7.14. The van der Waals surface area contributed by atoms with Gasteiger partial charge in [-0.25, -0.2) is 4.98 Å². The van der Waals surface area contributed by atoms with E-state index in [-0.39, 0.29) is 11.9 Å². The van der Waals surface area contributed by atoms with Gasteiger partial charge < -0.3 is 11.1 Å². The van der Waals surface area contributed by atoms with Crippen LogP contribution < -0.4 is 11.1 Å². The number of rotatable bonds is 4. The topological polar surface area (TPSA) is 68.0 Å². The van der Waals surface area contributed by atoms with Crippen molar-refractivity contribution in [2.45, 2.75) is 32.7 Å². The maximum absolute atomic E-state index is 11.4. The van der Waals surface area contributed by atoms with Gasteiger partial charge in [0.25, 0.3) is 0 Å². The van der Waals surface area contributed by atoms with E-state index in [1.807, 2.05) is 13.8 Å². The van der Waals surface area contributed by atoms with Crippen molar-refractivity contribution in [3.63, 3.8) is 0 Å². The molecule has 0 bridgehead atoms. The Morgan fingerprint density at radius 1 is 1.79 bits per heavy atom. The SMILES string of the molecule is CCc1ncsc1NC(=O)CC(C)N. The van der Waals surface area contributed by atoms with Crippen LogP contribution in [0.3, 0.4) is 0 Å². The number of hydrogen-bond donors (Lipinski definition) is 2. The summed E-state index contributed by atoms with van der Waals surface area (Å²) in [6, 6.07) is -0.104. The molecule has 1 aromatic heterocycles. The first-order chi connectivity index (χ1) is 6.63. The number of nitrogens with one attached hydrogen (secondary N) is 1. The van der Waals surface area contributed by atoms with Gasteiger partial charge in [-0.3, -0.25) is 4.79 Å². The molecule has 1 rings (SSSR count). The molecule has 1 atom stereocenters. The average molecular weight is 213 g/mol. The van der Waals surface area contributed by atoms with Crippen molar-refractivity contribution in [3.05, 3.63) is 11.2 Å². The molecule has 5 heteroatoms. The number of amides is 1. The van der Waals surface area contributed by atoms with Gasteiger partial charge in [-0.2, -0.15) is 0 Å². The van der Waals surface area contributed by atoms with E-state index in [9.17, 15) is 4.79 Å². The number of aromatic nitrogens is 1. The Labute approximate surface area is 87.5 Å². The van der Waals surface area contributed by atoms with Gasteiger partial charge in [0.15, 0.2) is 0 Å². The Hall–Kier alpha value is -0.940. The lowest BCUT2D eigenvalue weighted by molar-refractivity contribution is -0.116. The molecular weight excluding hydrogens is 198 g/mol. The van der Waals surface area contributed by atoms with Crippen molar-refractivity contribution in [2.75, 3.05) is 5.32 Å². The smallest absolute Gasteiger partial charge is 0.226 e. The van der Waals surface area contributed by atoms with E-state index in [0.717, 1.165) is 17.1 Å². The fraction of sp³-hybridized carbons (Fsp3) is 0.556. The van der Waals surface area contributed by atoms with E-state index in [1.165, 1.54) is 11.3 Å². The Balaban J connectivity index is 2.55. The molecular formula is C9H15N3OS. The Kier molecular flexibility index (Phi) is 4.03. The highest BCUT2D eigenvalue weighted by Gasteiger charge is 2.09. The monoisotopic (exact) mass is 213 g/mol. The lowest BCUT2D eigenvalue weighted by Crippen LogP contribution is -2.24. The Morgan fingerprint density at radius 3 is 3.07 bits per heavy atom. The number of nitrogens with zero attached hydrogens (tertiary/aromatic N) is 1. The van der Waals surface area contributed by atoms with Crippen molar-refractivity contribution in [2.24, 2.45) is 5.73 Å². The minimum atomic E-state index is -0.104. The maximum atomic E-state index is 11.4. The molecule has 14 heavy (non-hydrogen) atoms. The lowest BCUT2D eigenvalue weighted by atomic mass is 10.2. The van der Waals surface area contributed by atoms with Crippen molar-refractivity contribution >= 4 is 22.2 Å². The number of nitrogens with two attached hydrogens (primary N) is 1. The van der Waals surface area contributed by atoms with Crippen LogP contribution in [0.1, 0.15) is 26.0 Å². The summed E-state index contributed by atoms with van der Waals surface area (Å²) < 4.78 is 0. The van der Waals surface area contributed by atoms with Gasteiger partial charge in [0.2, 0.25) is 5.91 Å². The third kappa shape index (κ3) is 3.08. The molecule has 78 valence electrons. The van der Waals surface area contributed by atoms with E-state index < -0.39 is 0 Å². The summed E-state index contributed by atoms with van der Waals surface area (Å²) in [6.45, 7) is 3.82. The number of aryl methyl sites for hydroxylation is 1. The summed E-state index contributed by atoms with van der Waals surface area (Å²) in [4.78, 5) is 15.5. The van der Waals surface area contributed by atoms with Crippen molar-refractivity contribution in [3.8, 4) is 0 Å². The molecule has 0 spiro atoms. The number of hydrogen-bond acceptors (Lipinski definition) is 4. The van der Waals surface area contributed by atoms with Crippen LogP contribution in [-0.2, 0) is 11.2 Å². The van der Waals surface area contributed by atoms with Crippen LogP contribution >= 0.6 is 11.3 Å². The molecule has 0 saturated heterocycles. The standard InChI is InChI=1S/C9H15N3OS/c1-3-7-9(14-5-11-7)12-8(13)4-6(2)10/h5-6H,3-4,10H2,1-2H3,(H,12,13). The first-order valence-electron chi connectivity index (χ1n) is 4.61. The molecule has 0 aliphatic heterocycles. The predicted octanol–water partition coefficient (Wildman–Crippen LogP) is 1.38. The summed E-state index contributed by atoms with van der Waals surface area (Å²) in [5.74, 6) is -0.0426. The summed E-state index contributed by atoms with van der Waals surface area (Å²) in [7, 11) is 0. The van der Waals surface area contributed by atoms with Gasteiger partial charge in [0.1, 0.15) is 5.00 Å². The second kappa shape index (κ2) is 5.07. The number of thiazole rings is 1. The average Bonchev–Trinajstić information content (AvgIpc) is 2.50. The van der Waals surface area contributed by atoms with Crippen molar-refractivity contribution < 1.29 is 4.79 Å². The summed E-state index contributed by atoms with van der Waals surface area (Å²) in [5, 5.41) is 3.66. The van der Waals surface area contributed by atoms with Crippen LogP contribution in [0.2, 0.25) is 0 Å². The number of anilines is 1. The molecule has 0 radical (unpaired) electrons. The highest BCUT2D eigenvalue weighted by Crippen LogP contribution is 2.20. The molecule has 0 fully saturated rings. The van der Waals surface area contributed by atoms with Crippen LogP contribution in [0.25, 0.3) is 0 Å². The van der Waals surface area contributed by atoms with E-state index in [0.29, 0.717) is 6.42 Å². The molecule has 1 amide bonds. The minimum absolute atomic E-state index is 0.0426. The van der Waals surface area contributed by atoms with Gasteiger partial charge >= 0.3 is 0 Å². The molecule has 1 aromatic rings. The largest absolute Gasteiger partial charge is 0.327 e. The third-order valence-electron chi connectivity index (χ3n) is 1.74. The molecule has 1 unspecified atom stereocenters. The zero-order valence-electron chi connectivity index (χ0n) is 8.41. The Morgan fingerprint density at radius 2 is 2.50 bits per heavy atom. The molecule has 4 nitrogen and oxygen atoms in total. The molecule has 1 heterocycles. The summed E-state index contributed by atoms with van der Waals surface area (Å²) in [6.07, 6.45) is 1.18. The molecule has 0 aromatic carbocycles. The first kappa shape index (κ1) is 11.1. The van der Waals surface area contributed by atoms with Gasteiger partial charge in [0, 0.05) is 12.5 Å². The fourth-order valence-electron chi connectivity index (χ4n) is 1.09. The van der Waals surface area contributed by atoms with Gasteiger partial charge in [-0.05, 0) is 13.3 Å². The van der Waals surface area contributed by atoms with Crippen LogP contribution in [0.15, 0.2) is 5.51 Å². The normalized spacial score (nSPS) is 12.5. The zero-order chi connectivity index (χ0) is 10.6. The highest BCUT2D eigenvalue weighted by atomic mass is 32.1. The molecule has 3 N–H and O–H groups in total. The minimum Gasteiger partial charge on any atom is -0.327 e. The van der Waals surface area contributed by atoms with Gasteiger partial charge in [-0.1, -0.05) is 6.92 Å². The van der Waals surface area contributed by atoms with E-state index >= 15 is 0 Å². The third-order valence-corrected chi connectivity index (χ3v) is 2.52. The number of carbonyl (C=O) groups excluding carboxylic acids is 1. The molecule has 0 saturated carbocycles. The zero-order valence-corrected chi connectivity index (χ0v) is 9.23. The van der Waals surface area contributed by atoms with Crippen LogP contribution in [-0.4, -0.2) is 16.9 Å². The molecule has 0 aliphatic carbocycles. The van der Waals surface area contributed by atoms with Gasteiger partial charge in [0.05, 0.1) is 11.2 Å². The van der Waals surface area contributed by atoms with E-state index in [4.69, 9.17) is 5.73 Å². The van der Waals surface area contributed by atoms with E-state index in [1.54, 1.807) is 5.51 Å². The summed E-state index contributed by atoms with van der Waals surface area (Å²) >= 11 is 1.45. The fourth-order valence-corrected chi connectivity index (χ4v) is 1.88.